The number of pyridine rings is 1. The van der Waals surface area contributed by atoms with Gasteiger partial charge in [0.15, 0.2) is 0 Å². The Bertz CT molecular complexity index is 1860. The van der Waals surface area contributed by atoms with Gasteiger partial charge in [0.25, 0.3) is 5.91 Å². The minimum absolute atomic E-state index is 0.0108. The smallest absolute Gasteiger partial charge is 0.481 e. The van der Waals surface area contributed by atoms with Crippen molar-refractivity contribution in [2.24, 2.45) is 0 Å². The van der Waals surface area contributed by atoms with E-state index >= 15 is 0 Å². The van der Waals surface area contributed by atoms with Gasteiger partial charge in [-0.3, -0.25) is 19.3 Å². The van der Waals surface area contributed by atoms with E-state index in [-0.39, 0.29) is 24.8 Å². The van der Waals surface area contributed by atoms with Crippen LogP contribution in [0.3, 0.4) is 0 Å². The minimum Gasteiger partial charge on any atom is -0.481 e. The van der Waals surface area contributed by atoms with Gasteiger partial charge >= 0.3 is 12.3 Å². The second-order valence-electron chi connectivity index (χ2n) is 9.81. The maximum Gasteiger partial charge on any atom is 0.573 e. The summed E-state index contributed by atoms with van der Waals surface area (Å²) < 4.78 is 43.9. The lowest BCUT2D eigenvalue weighted by molar-refractivity contribution is -0.274. The van der Waals surface area contributed by atoms with Crippen LogP contribution >= 0.6 is 23.2 Å². The number of halogens is 5. The summed E-state index contributed by atoms with van der Waals surface area (Å²) in [5, 5.41) is 17.6. The summed E-state index contributed by atoms with van der Waals surface area (Å²) in [5.41, 5.74) is 4.13. The first-order chi connectivity index (χ1) is 20.9. The zero-order valence-corrected chi connectivity index (χ0v) is 24.4. The molecule has 2 N–H and O–H groups in total. The minimum atomic E-state index is -4.82. The lowest BCUT2D eigenvalue weighted by Gasteiger charge is -2.17. The summed E-state index contributed by atoms with van der Waals surface area (Å²) in [6, 6.07) is 19.2. The fraction of sp³-hybridized carbons (Fsp3) is 0.161. The Hall–Kier alpha value is -4.61. The molecule has 8 nitrogen and oxygen atoms in total. The number of aliphatic carboxylic acids is 1. The number of hydrogen-bond donors (Lipinski definition) is 2. The Morgan fingerprint density at radius 1 is 0.977 bits per heavy atom. The second kappa shape index (κ2) is 12.6. The second-order valence-corrected chi connectivity index (χ2v) is 10.6. The molecule has 5 aromatic rings. The van der Waals surface area contributed by atoms with Gasteiger partial charge in [0, 0.05) is 40.9 Å². The number of nitrogens with one attached hydrogen (secondary N) is 1. The largest absolute Gasteiger partial charge is 0.573 e. The number of fused-ring (bicyclic) bond motifs is 1. The predicted octanol–water partition coefficient (Wildman–Crippen LogP) is 7.78. The lowest BCUT2D eigenvalue weighted by atomic mass is 10.0. The van der Waals surface area contributed by atoms with Crippen molar-refractivity contribution in [1.82, 2.24) is 20.1 Å². The zero-order chi connectivity index (χ0) is 31.6. The molecular weight excluding hydrogens is 620 g/mol. The molecule has 226 valence electrons. The number of hydrogen-bond acceptors (Lipinski definition) is 5. The van der Waals surface area contributed by atoms with Gasteiger partial charge in [-0.05, 0) is 61.0 Å². The first kappa shape index (κ1) is 30.8. The van der Waals surface area contributed by atoms with E-state index in [0.29, 0.717) is 49.0 Å². The monoisotopic (exact) mass is 642 g/mol. The molecule has 0 aliphatic carbocycles. The molecule has 3 aromatic carbocycles. The molecular formula is C31H23Cl2F3N4O4. The van der Waals surface area contributed by atoms with E-state index in [2.05, 4.69) is 15.0 Å². The molecule has 0 saturated carbocycles. The van der Waals surface area contributed by atoms with E-state index in [9.17, 15) is 22.8 Å². The molecule has 0 bridgehead atoms. The molecule has 0 aliphatic rings. The van der Waals surface area contributed by atoms with Crippen molar-refractivity contribution >= 4 is 46.0 Å². The van der Waals surface area contributed by atoms with Crippen LogP contribution in [0.25, 0.3) is 33.4 Å². The number of alkyl halides is 3. The Kier molecular flexibility index (Phi) is 8.80. The molecule has 0 spiro atoms. The Balaban J connectivity index is 1.51. The number of nitrogens with zero attached hydrogens (tertiary/aromatic N) is 3. The van der Waals surface area contributed by atoms with Gasteiger partial charge in [-0.1, -0.05) is 41.4 Å². The molecule has 44 heavy (non-hydrogen) atoms. The van der Waals surface area contributed by atoms with Crippen LogP contribution in [0.2, 0.25) is 10.0 Å². The highest BCUT2D eigenvalue weighted by Crippen LogP contribution is 2.35. The van der Waals surface area contributed by atoms with Gasteiger partial charge in [-0.15, -0.1) is 13.2 Å². The van der Waals surface area contributed by atoms with Crippen molar-refractivity contribution in [3.05, 3.63) is 100 Å². The number of carbonyl (C=O) groups is 2. The highest BCUT2D eigenvalue weighted by molar-refractivity contribution is 6.42. The number of carboxylic acids is 1. The first-order valence-corrected chi connectivity index (χ1v) is 13.9. The third-order valence-corrected chi connectivity index (χ3v) is 7.52. The molecule has 0 saturated heterocycles. The highest BCUT2D eigenvalue weighted by Gasteiger charge is 2.31. The fourth-order valence-electron chi connectivity index (χ4n) is 4.58. The number of aromatic nitrogens is 3. The van der Waals surface area contributed by atoms with Crippen molar-refractivity contribution in [3.63, 3.8) is 0 Å². The van der Waals surface area contributed by atoms with E-state index in [0.717, 1.165) is 5.56 Å². The zero-order valence-electron chi connectivity index (χ0n) is 22.9. The fourth-order valence-corrected chi connectivity index (χ4v) is 4.88. The molecule has 13 heteroatoms. The average Bonchev–Trinajstić information content (AvgIpc) is 3.42. The van der Waals surface area contributed by atoms with Gasteiger partial charge < -0.3 is 15.2 Å². The molecule has 1 atom stereocenters. The number of carboxylic acid groups (broad SMARTS) is 1. The molecule has 0 fully saturated rings. The number of carbonyl (C=O) groups excluding carboxylic acids is 1. The van der Waals surface area contributed by atoms with Crippen molar-refractivity contribution in [2.75, 3.05) is 6.54 Å². The van der Waals surface area contributed by atoms with Crippen molar-refractivity contribution < 1.29 is 32.6 Å². The Morgan fingerprint density at radius 2 is 1.73 bits per heavy atom. The maximum atomic E-state index is 12.7. The van der Waals surface area contributed by atoms with Crippen molar-refractivity contribution in [2.45, 2.75) is 25.7 Å². The normalized spacial score (nSPS) is 12.2. The van der Waals surface area contributed by atoms with Crippen molar-refractivity contribution in [3.8, 4) is 28.3 Å². The van der Waals surface area contributed by atoms with E-state index in [1.165, 1.54) is 18.2 Å². The molecule has 0 aliphatic heterocycles. The van der Waals surface area contributed by atoms with Crippen LogP contribution in [-0.4, -0.2) is 44.7 Å². The van der Waals surface area contributed by atoms with Crippen LogP contribution in [0, 0.1) is 0 Å². The summed E-state index contributed by atoms with van der Waals surface area (Å²) in [4.78, 5) is 27.5. The molecule has 1 amide bonds. The SMILES string of the molecule is CC(c1ccc(C(=O)NCCC(=O)O)cc1)n1nc(-c2ccc(Cl)c(Cl)c2)cc1-c1cnc2cc(OC(F)(F)F)ccc2c1. The van der Waals surface area contributed by atoms with Crippen LogP contribution < -0.4 is 10.1 Å². The first-order valence-electron chi connectivity index (χ1n) is 13.2. The molecule has 1 unspecified atom stereocenters. The summed E-state index contributed by atoms with van der Waals surface area (Å²) in [6.45, 7) is 1.93. The van der Waals surface area contributed by atoms with E-state index in [4.69, 9.17) is 33.4 Å². The molecule has 2 aromatic heterocycles. The van der Waals surface area contributed by atoms with Crippen LogP contribution in [-0.2, 0) is 4.79 Å². The predicted molar refractivity (Wildman–Crippen MR) is 160 cm³/mol. The number of ether oxygens (including phenoxy) is 1. The number of amides is 1. The summed E-state index contributed by atoms with van der Waals surface area (Å²) in [7, 11) is 0. The Morgan fingerprint density at radius 3 is 2.41 bits per heavy atom. The van der Waals surface area contributed by atoms with Crippen LogP contribution in [0.4, 0.5) is 13.2 Å². The van der Waals surface area contributed by atoms with E-state index in [1.807, 2.05) is 13.0 Å². The van der Waals surface area contributed by atoms with Gasteiger partial charge in [-0.25, -0.2) is 0 Å². The standard InChI is InChI=1S/C31H23Cl2F3N4O4/c1-17(18-2-4-19(5-3-18)30(43)37-11-10-29(41)42)40-28(15-27(39-40)21-7-9-24(32)25(33)13-21)22-12-20-6-8-23(44-31(34,35)36)14-26(20)38-16-22/h2-9,12-17H,10-11H2,1H3,(H,37,43)(H,41,42). The van der Waals surface area contributed by atoms with Gasteiger partial charge in [-0.2, -0.15) is 5.10 Å². The third kappa shape index (κ3) is 7.12. The van der Waals surface area contributed by atoms with Crippen LogP contribution in [0.15, 0.2) is 79.0 Å². The third-order valence-electron chi connectivity index (χ3n) is 6.78. The van der Waals surface area contributed by atoms with Gasteiger partial charge in [0.1, 0.15) is 5.75 Å². The number of rotatable bonds is 9. The Labute approximate surface area is 259 Å². The van der Waals surface area contributed by atoms with E-state index in [1.54, 1.807) is 59.4 Å². The highest BCUT2D eigenvalue weighted by atomic mass is 35.5. The summed E-state index contributed by atoms with van der Waals surface area (Å²) >= 11 is 12.4. The molecule has 2 heterocycles. The number of benzene rings is 3. The van der Waals surface area contributed by atoms with Gasteiger partial charge in [0.2, 0.25) is 0 Å². The molecule has 5 rings (SSSR count). The quantitative estimate of drug-likeness (QED) is 0.170. The lowest BCUT2D eigenvalue weighted by Crippen LogP contribution is -2.26. The summed E-state index contributed by atoms with van der Waals surface area (Å²) in [5.74, 6) is -1.77. The molecule has 0 radical (unpaired) electrons. The average molecular weight is 643 g/mol. The van der Waals surface area contributed by atoms with Crippen LogP contribution in [0.5, 0.6) is 5.75 Å². The van der Waals surface area contributed by atoms with Crippen LogP contribution in [0.1, 0.15) is 35.3 Å². The topological polar surface area (TPSA) is 106 Å². The maximum absolute atomic E-state index is 12.7. The summed E-state index contributed by atoms with van der Waals surface area (Å²) in [6.07, 6.45) is -3.46. The van der Waals surface area contributed by atoms with E-state index < -0.39 is 18.2 Å². The van der Waals surface area contributed by atoms with Crippen molar-refractivity contribution in [1.29, 1.82) is 0 Å². The van der Waals surface area contributed by atoms with Gasteiger partial charge in [0.05, 0.1) is 39.4 Å².